The third-order valence-corrected chi connectivity index (χ3v) is 10.9. The van der Waals surface area contributed by atoms with Gasteiger partial charge in [-0.15, -0.1) is 14.1 Å². The number of halogens is 1. The predicted molar refractivity (Wildman–Crippen MR) is 305 cm³/mol. The number of carbonyl (C=O) groups is 6. The summed E-state index contributed by atoms with van der Waals surface area (Å²) in [5, 5.41) is 62.2. The molecule has 5 aromatic heterocycles. The molecule has 0 aliphatic heterocycles. The Morgan fingerprint density at radius 1 is 0.437 bits per heavy atom. The third-order valence-electron chi connectivity index (χ3n) is 10.4. The summed E-state index contributed by atoms with van der Waals surface area (Å²) in [6.45, 7) is 8.19. The SMILES string of the molecule is C[N-]C(=O)c1ccc(Nc2oc(C)nc2C#N)cc1.C[N-]C(=O)c1ccc(Nc2oc(C)nc2C(N)=O)cc1.Cc1nc(C#N)c(Br)o1.Cc1nc(C#N)c(Nc2ccc(C(=O)O)cc2)o1.Cc1nc(C(N)=O)c(Nc2ccc(C(=O)O)cc2)o1.[Ru+].[Ru+]. The van der Waals surface area contributed by atoms with Crippen LogP contribution in [0, 0.1) is 68.6 Å². The molecule has 0 aliphatic rings. The number of rotatable bonds is 14. The van der Waals surface area contributed by atoms with Gasteiger partial charge < -0.3 is 85.3 Å². The topological polar surface area (TPSA) is 473 Å². The van der Waals surface area contributed by atoms with Crippen molar-refractivity contribution >= 4 is 97.8 Å². The van der Waals surface area contributed by atoms with Gasteiger partial charge in [-0.25, -0.2) is 34.5 Å². The van der Waals surface area contributed by atoms with Gasteiger partial charge in [0.2, 0.25) is 39.6 Å². The molecule has 0 unspecified atom stereocenters. The minimum atomic E-state index is -1.01. The molecular weight excluding hydrogens is 1370 g/mol. The number of aromatic nitrogens is 5. The number of carbonyl (C=O) groups excluding carboxylic acids is 4. The van der Waals surface area contributed by atoms with Crippen LogP contribution in [-0.2, 0) is 39.0 Å². The van der Waals surface area contributed by atoms with Gasteiger partial charge in [0, 0.05) is 57.4 Å². The van der Waals surface area contributed by atoms with E-state index in [2.05, 4.69) is 72.8 Å². The maximum absolute atomic E-state index is 11.4. The molecule has 29 nitrogen and oxygen atoms in total. The Morgan fingerprint density at radius 3 is 0.931 bits per heavy atom. The van der Waals surface area contributed by atoms with Crippen LogP contribution in [0.5, 0.6) is 0 Å². The number of hydrogen-bond donors (Lipinski definition) is 8. The third kappa shape index (κ3) is 20.8. The zero-order valence-electron chi connectivity index (χ0n) is 46.3. The number of nitrogens with zero attached hydrogens (tertiary/aromatic N) is 10. The number of carboxylic acids is 2. The molecule has 5 heterocycles. The summed E-state index contributed by atoms with van der Waals surface area (Å²) < 4.78 is 26.3. The van der Waals surface area contributed by atoms with Crippen LogP contribution in [0.4, 0.5) is 46.3 Å². The van der Waals surface area contributed by atoms with E-state index in [9.17, 15) is 28.8 Å². The number of nitrogens with two attached hydrogens (primary N) is 2. The molecule has 32 heteroatoms. The second kappa shape index (κ2) is 33.4. The van der Waals surface area contributed by atoms with Gasteiger partial charge in [0.05, 0.1) is 22.9 Å². The van der Waals surface area contributed by atoms with Gasteiger partial charge in [-0.1, -0.05) is 24.3 Å². The van der Waals surface area contributed by atoms with Gasteiger partial charge in [-0.2, -0.15) is 15.8 Å². The Morgan fingerprint density at radius 2 is 0.690 bits per heavy atom. The first-order chi connectivity index (χ1) is 40.4. The van der Waals surface area contributed by atoms with Crippen molar-refractivity contribution in [3.63, 3.8) is 0 Å². The number of nitriles is 3. The van der Waals surface area contributed by atoms with E-state index in [1.165, 1.54) is 38.4 Å². The quantitative estimate of drug-likeness (QED) is 0.0469. The first-order valence-corrected chi connectivity index (χ1v) is 24.8. The second-order valence-electron chi connectivity index (χ2n) is 16.5. The van der Waals surface area contributed by atoms with E-state index in [1.807, 2.05) is 18.2 Å². The number of carboxylic acid groups (broad SMARTS) is 2. The number of aryl methyl sites for hydroxylation is 5. The van der Waals surface area contributed by atoms with Crippen molar-refractivity contribution in [2.45, 2.75) is 34.6 Å². The zero-order chi connectivity index (χ0) is 62.5. The van der Waals surface area contributed by atoms with Gasteiger partial charge in [-0.05, 0) is 99.9 Å². The summed E-state index contributed by atoms with van der Waals surface area (Å²) in [5.41, 5.74) is 14.9. The maximum atomic E-state index is 11.4. The van der Waals surface area contributed by atoms with Gasteiger partial charge in [0.1, 0.15) is 18.2 Å². The van der Waals surface area contributed by atoms with Gasteiger partial charge in [0.25, 0.3) is 11.8 Å². The molecule has 0 fully saturated rings. The van der Waals surface area contributed by atoms with Crippen molar-refractivity contribution in [3.05, 3.63) is 193 Å². The van der Waals surface area contributed by atoms with E-state index >= 15 is 0 Å². The molecule has 10 N–H and O–H groups in total. The number of nitrogens with one attached hydrogen (secondary N) is 4. The first-order valence-electron chi connectivity index (χ1n) is 24.0. The maximum Gasteiger partial charge on any atom is 1.00 e. The molecule has 4 amide bonds. The van der Waals surface area contributed by atoms with Crippen molar-refractivity contribution in [2.75, 3.05) is 35.4 Å². The summed E-state index contributed by atoms with van der Waals surface area (Å²) in [4.78, 5) is 85.7. The number of oxazole rings is 5. The van der Waals surface area contributed by atoms with E-state index in [1.54, 1.807) is 107 Å². The van der Waals surface area contributed by atoms with Crippen LogP contribution in [-0.4, -0.2) is 84.8 Å². The molecule has 4 aromatic carbocycles. The normalized spacial score (nSPS) is 9.62. The number of benzene rings is 4. The molecule has 2 radical (unpaired) electrons. The number of aromatic carboxylic acids is 2. The molecule has 9 rings (SSSR count). The molecule has 0 spiro atoms. The van der Waals surface area contributed by atoms with Crippen molar-refractivity contribution in [1.82, 2.24) is 24.9 Å². The predicted octanol–water partition coefficient (Wildman–Crippen LogP) is 10.1. The van der Waals surface area contributed by atoms with Crippen molar-refractivity contribution in [2.24, 2.45) is 11.5 Å². The summed E-state index contributed by atoms with van der Waals surface area (Å²) in [6, 6.07) is 31.0. The molecule has 9 aromatic rings. The minimum Gasteiger partial charge on any atom is -0.652 e. The Kier molecular flexibility index (Phi) is 27.1. The fourth-order valence-corrected chi connectivity index (χ4v) is 6.98. The Bertz CT molecular complexity index is 3990. The molecule has 87 heavy (non-hydrogen) atoms. The van der Waals surface area contributed by atoms with Crippen molar-refractivity contribution in [1.29, 1.82) is 15.8 Å². The number of anilines is 8. The van der Waals surface area contributed by atoms with E-state index in [0.29, 0.717) is 79.6 Å². The molecule has 0 atom stereocenters. The Hall–Kier alpha value is -10.9. The second-order valence-corrected chi connectivity index (χ2v) is 17.3. The molecule has 448 valence electrons. The molecular formula is C55H47BrN16O13Ru2. The van der Waals surface area contributed by atoms with Gasteiger partial charge >= 0.3 is 50.9 Å². The fourth-order valence-electron chi connectivity index (χ4n) is 6.57. The molecule has 0 aliphatic carbocycles. The van der Waals surface area contributed by atoms with Gasteiger partial charge in [-0.3, -0.25) is 9.59 Å². The van der Waals surface area contributed by atoms with Crippen molar-refractivity contribution < 1.29 is 100 Å². The smallest absolute Gasteiger partial charge is 0.652 e. The average Bonchev–Trinajstić information content (AvgIpc) is 3.23. The van der Waals surface area contributed by atoms with E-state index in [-0.39, 0.29) is 102 Å². The van der Waals surface area contributed by atoms with Crippen LogP contribution in [0.1, 0.15) is 109 Å². The first kappa shape index (κ1) is 70.4. The summed E-state index contributed by atoms with van der Waals surface area (Å²) >= 11 is 3.03. The zero-order valence-corrected chi connectivity index (χ0v) is 51.4. The average molecular weight is 1420 g/mol. The van der Waals surface area contributed by atoms with Crippen LogP contribution in [0.25, 0.3) is 10.6 Å². The van der Waals surface area contributed by atoms with Crippen LogP contribution in [0.15, 0.2) is 124 Å². The standard InChI is InChI=1S/C13H14N4O3.C13H12N4O2.C12H11N3O4.C12H9N3O3.C5H3BrN2O.2Ru/c1-7-16-10(11(14)18)13(20-7)17-9-5-3-8(4-6-9)12(19)15-2;1-8-16-11(7-14)13(19-8)17-10-5-3-9(4-6-10)12(18)15-2;1-6-14-9(10(13)16)11(19-6)15-8-4-2-7(3-5-8)12(17)18;1-7-14-10(6-13)11(18-7)15-9-4-2-8(3-5-9)12(16)17;1-3-8-4(2-7)5(6)9-3;;/h3-6H,1-2H3,(H4,14,15,17,18,19);3-6H,1-2H3,(H2,15,17,18);2-5,15H,1H3,(H2,13,16)(H,17,18);2-5,15H,1H3,(H,16,17);1H3;;/q;;;;;2*+1/p-2. The molecule has 0 saturated carbocycles. The Balaban J connectivity index is 0.000000288. The fraction of sp³-hybridized carbons (Fsp3) is 0.127. The number of primary amides is 2. The van der Waals surface area contributed by atoms with Crippen LogP contribution in [0.3, 0.4) is 0 Å². The van der Waals surface area contributed by atoms with Gasteiger partial charge in [0.15, 0.2) is 46.5 Å². The minimum absolute atomic E-state index is 0. The van der Waals surface area contributed by atoms with Crippen LogP contribution >= 0.6 is 15.9 Å². The summed E-state index contributed by atoms with van der Waals surface area (Å²) in [6.07, 6.45) is 0. The summed E-state index contributed by atoms with van der Waals surface area (Å²) in [7, 11) is 2.88. The van der Waals surface area contributed by atoms with Crippen molar-refractivity contribution in [3.8, 4) is 18.2 Å². The van der Waals surface area contributed by atoms with Crippen LogP contribution < -0.4 is 32.7 Å². The number of amides is 4. The molecule has 0 bridgehead atoms. The van der Waals surface area contributed by atoms with E-state index in [4.69, 9.17) is 59.6 Å². The van der Waals surface area contributed by atoms with Crippen LogP contribution in [0.2, 0.25) is 0 Å². The largest absolute Gasteiger partial charge is 1.00 e. The van der Waals surface area contributed by atoms with E-state index < -0.39 is 23.8 Å². The molecule has 0 saturated heterocycles. The monoisotopic (exact) mass is 1420 g/mol. The number of hydrogen-bond acceptors (Lipinski definition) is 23. The van der Waals surface area contributed by atoms with E-state index in [0.717, 1.165) is 0 Å². The summed E-state index contributed by atoms with van der Waals surface area (Å²) in [5.74, 6) is -1.19. The Labute approximate surface area is 527 Å².